The number of morpholine rings is 1. The maximum Gasteiger partial charge on any atom is 0.174 e. The zero-order valence-corrected chi connectivity index (χ0v) is 10.5. The zero-order valence-electron chi connectivity index (χ0n) is 9.68. The first-order valence-corrected chi connectivity index (χ1v) is 6.52. The average molecular weight is 246 g/mol. The molecular weight excluding hydrogens is 224 g/mol. The van der Waals surface area contributed by atoms with Crippen LogP contribution in [-0.2, 0) is 4.74 Å². The van der Waals surface area contributed by atoms with Gasteiger partial charge in [0.2, 0.25) is 0 Å². The standard InChI is InChI=1S/C10H20N4OS/c16-10-11-8-14(9-12-10)3-1-2-13-4-6-15-7-5-13/h1-9H2,(H2,11,12,16)/p+2. The van der Waals surface area contributed by atoms with E-state index in [0.29, 0.717) is 0 Å². The van der Waals surface area contributed by atoms with E-state index in [-0.39, 0.29) is 0 Å². The van der Waals surface area contributed by atoms with Gasteiger partial charge in [0.05, 0.1) is 26.3 Å². The summed E-state index contributed by atoms with van der Waals surface area (Å²) in [6.07, 6.45) is 1.28. The molecule has 6 heteroatoms. The van der Waals surface area contributed by atoms with Crippen LogP contribution in [0.2, 0.25) is 0 Å². The molecule has 0 unspecified atom stereocenters. The first-order chi connectivity index (χ1) is 7.84. The third-order valence-electron chi connectivity index (χ3n) is 3.26. The van der Waals surface area contributed by atoms with E-state index in [1.807, 2.05) is 0 Å². The highest BCUT2D eigenvalue weighted by molar-refractivity contribution is 7.80. The molecule has 0 atom stereocenters. The minimum atomic E-state index is 0.794. The van der Waals surface area contributed by atoms with Crippen LogP contribution in [0.3, 0.4) is 0 Å². The molecule has 5 nitrogen and oxygen atoms in total. The predicted molar refractivity (Wildman–Crippen MR) is 65.4 cm³/mol. The Kier molecular flexibility index (Phi) is 4.77. The molecule has 0 aromatic heterocycles. The van der Waals surface area contributed by atoms with Gasteiger partial charge in [-0.2, -0.15) is 0 Å². The van der Waals surface area contributed by atoms with Crippen LogP contribution in [0.25, 0.3) is 0 Å². The Balaban J connectivity index is 1.55. The molecule has 2 fully saturated rings. The average Bonchev–Trinajstić information content (AvgIpc) is 2.33. The number of hydrogen-bond donors (Lipinski definition) is 4. The Morgan fingerprint density at radius 1 is 1.06 bits per heavy atom. The molecule has 0 saturated carbocycles. The molecule has 92 valence electrons. The highest BCUT2D eigenvalue weighted by Crippen LogP contribution is 1.76. The van der Waals surface area contributed by atoms with Gasteiger partial charge in [0, 0.05) is 6.42 Å². The van der Waals surface area contributed by atoms with Crippen molar-refractivity contribution in [1.82, 2.24) is 10.6 Å². The molecule has 0 aromatic rings. The molecule has 0 aromatic carbocycles. The topological polar surface area (TPSA) is 42.2 Å². The first-order valence-electron chi connectivity index (χ1n) is 6.11. The molecule has 0 bridgehead atoms. The van der Waals surface area contributed by atoms with Crippen molar-refractivity contribution in [2.75, 3.05) is 52.7 Å². The van der Waals surface area contributed by atoms with Gasteiger partial charge in [0.15, 0.2) is 18.4 Å². The summed E-state index contributed by atoms with van der Waals surface area (Å²) < 4.78 is 5.35. The van der Waals surface area contributed by atoms with Crippen molar-refractivity contribution in [3.8, 4) is 0 Å². The maximum atomic E-state index is 5.35. The van der Waals surface area contributed by atoms with Gasteiger partial charge in [-0.05, 0) is 12.2 Å². The number of nitrogens with one attached hydrogen (secondary N) is 4. The number of quaternary nitrogens is 2. The van der Waals surface area contributed by atoms with E-state index in [1.54, 1.807) is 9.80 Å². The molecule has 2 heterocycles. The maximum absolute atomic E-state index is 5.35. The van der Waals surface area contributed by atoms with E-state index in [4.69, 9.17) is 17.0 Å². The van der Waals surface area contributed by atoms with E-state index in [1.165, 1.54) is 32.6 Å². The van der Waals surface area contributed by atoms with E-state index in [2.05, 4.69) is 10.6 Å². The van der Waals surface area contributed by atoms with Gasteiger partial charge in [-0.1, -0.05) is 0 Å². The van der Waals surface area contributed by atoms with E-state index >= 15 is 0 Å². The summed E-state index contributed by atoms with van der Waals surface area (Å²) in [4.78, 5) is 3.24. The molecule has 0 spiro atoms. The van der Waals surface area contributed by atoms with Gasteiger partial charge in [0.25, 0.3) is 0 Å². The van der Waals surface area contributed by atoms with Crippen molar-refractivity contribution in [1.29, 1.82) is 0 Å². The second-order valence-corrected chi connectivity index (χ2v) is 4.91. The molecule has 0 aliphatic carbocycles. The summed E-state index contributed by atoms with van der Waals surface area (Å²) in [6, 6.07) is 0. The Hall–Kier alpha value is -0.430. The van der Waals surface area contributed by atoms with Crippen molar-refractivity contribution < 1.29 is 14.5 Å². The number of rotatable bonds is 4. The van der Waals surface area contributed by atoms with Crippen LogP contribution in [0.15, 0.2) is 0 Å². The fourth-order valence-electron chi connectivity index (χ4n) is 2.21. The van der Waals surface area contributed by atoms with Crippen molar-refractivity contribution in [2.45, 2.75) is 6.42 Å². The van der Waals surface area contributed by atoms with Gasteiger partial charge in [-0.15, -0.1) is 0 Å². The van der Waals surface area contributed by atoms with Crippen molar-refractivity contribution in [2.24, 2.45) is 0 Å². The minimum Gasteiger partial charge on any atom is -0.370 e. The fourth-order valence-corrected chi connectivity index (χ4v) is 2.36. The molecule has 2 saturated heterocycles. The lowest BCUT2D eigenvalue weighted by Gasteiger charge is -2.28. The summed E-state index contributed by atoms with van der Waals surface area (Å²) in [5, 5.41) is 7.15. The lowest BCUT2D eigenvalue weighted by atomic mass is 10.3. The molecular formula is C10H22N4OS+2. The second-order valence-electron chi connectivity index (χ2n) is 4.50. The third kappa shape index (κ3) is 3.86. The van der Waals surface area contributed by atoms with Crippen LogP contribution < -0.4 is 20.4 Å². The predicted octanol–water partition coefficient (Wildman–Crippen LogP) is -3.43. The smallest absolute Gasteiger partial charge is 0.174 e. The molecule has 0 amide bonds. The molecule has 4 N–H and O–H groups in total. The lowest BCUT2D eigenvalue weighted by Crippen LogP contribution is -3.18. The van der Waals surface area contributed by atoms with Crippen LogP contribution in [0.5, 0.6) is 0 Å². The molecule has 2 aliphatic heterocycles. The Bertz CT molecular complexity index is 223. The fraction of sp³-hybridized carbons (Fsp3) is 0.900. The second kappa shape index (κ2) is 6.34. The van der Waals surface area contributed by atoms with Gasteiger partial charge in [-0.3, -0.25) is 0 Å². The van der Waals surface area contributed by atoms with Gasteiger partial charge >= 0.3 is 0 Å². The van der Waals surface area contributed by atoms with Crippen molar-refractivity contribution >= 4 is 17.3 Å². The summed E-state index contributed by atoms with van der Waals surface area (Å²) in [7, 11) is 0. The summed E-state index contributed by atoms with van der Waals surface area (Å²) in [5.41, 5.74) is 0. The lowest BCUT2D eigenvalue weighted by molar-refractivity contribution is -0.926. The minimum absolute atomic E-state index is 0.794. The van der Waals surface area contributed by atoms with Crippen molar-refractivity contribution in [3.05, 3.63) is 0 Å². The Morgan fingerprint density at radius 3 is 2.38 bits per heavy atom. The molecule has 2 rings (SSSR count). The van der Waals surface area contributed by atoms with Crippen LogP contribution in [0.1, 0.15) is 6.42 Å². The highest BCUT2D eigenvalue weighted by Gasteiger charge is 2.17. The molecule has 2 aliphatic rings. The van der Waals surface area contributed by atoms with Gasteiger partial charge in [-0.25, -0.2) is 0 Å². The third-order valence-corrected chi connectivity index (χ3v) is 3.55. The monoisotopic (exact) mass is 246 g/mol. The number of hydrogen-bond acceptors (Lipinski definition) is 2. The van der Waals surface area contributed by atoms with Crippen LogP contribution in [0, 0.1) is 0 Å². The summed E-state index contributed by atoms with van der Waals surface area (Å²) >= 11 is 5.02. The zero-order chi connectivity index (χ0) is 11.2. The number of ether oxygens (including phenoxy) is 1. The molecule has 16 heavy (non-hydrogen) atoms. The van der Waals surface area contributed by atoms with E-state index < -0.39 is 0 Å². The summed E-state index contributed by atoms with van der Waals surface area (Å²) in [6.45, 7) is 8.64. The SMILES string of the molecule is S=C1NC[NH+](CCC[NH+]2CCOCC2)CN1. The Morgan fingerprint density at radius 2 is 1.69 bits per heavy atom. The largest absolute Gasteiger partial charge is 0.370 e. The summed E-state index contributed by atoms with van der Waals surface area (Å²) in [5.74, 6) is 0. The Labute approximate surface area is 102 Å². The highest BCUT2D eigenvalue weighted by atomic mass is 32.1. The quantitative estimate of drug-likeness (QED) is 0.390. The van der Waals surface area contributed by atoms with Crippen LogP contribution in [-0.4, -0.2) is 57.8 Å². The van der Waals surface area contributed by atoms with Crippen molar-refractivity contribution in [3.63, 3.8) is 0 Å². The van der Waals surface area contributed by atoms with Crippen LogP contribution >= 0.6 is 12.2 Å². The first kappa shape index (κ1) is 12.0. The van der Waals surface area contributed by atoms with E-state index in [9.17, 15) is 0 Å². The van der Waals surface area contributed by atoms with Crippen LogP contribution in [0.4, 0.5) is 0 Å². The van der Waals surface area contributed by atoms with Gasteiger partial charge < -0.3 is 25.2 Å². The number of thiocarbonyl (C=S) groups is 1. The molecule has 0 radical (unpaired) electrons. The van der Waals surface area contributed by atoms with Gasteiger partial charge in [0.1, 0.15) is 13.1 Å². The van der Waals surface area contributed by atoms with E-state index in [0.717, 1.165) is 31.7 Å². The normalized spacial score (nSPS) is 23.9.